The zero-order valence-electron chi connectivity index (χ0n) is 16.1. The maximum Gasteiger partial charge on any atom is 0.0956 e. The minimum absolute atomic E-state index is 0.0622. The molecular formula is C23H30N2O2. The number of aliphatic hydroxyl groups excluding tert-OH is 2. The Balaban J connectivity index is 1.44. The lowest BCUT2D eigenvalue weighted by molar-refractivity contribution is -0.0917. The molecule has 0 amide bonds. The standard InChI is InChI=1S/C23H30N2O2/c1-2-23(11-15-7-8-21(26)16(9-15)12-23)22(27)10-19-17-5-3-4-6-18(17)20-13-24-14-25(19)20/h3-6,13-16,19,21-22,26-27H,2,7-12H2,1H3/t15?,16?,19-,21?,22+,23?/m1/s1. The summed E-state index contributed by atoms with van der Waals surface area (Å²) < 4.78 is 2.23. The van der Waals surface area contributed by atoms with Gasteiger partial charge in [0.15, 0.2) is 0 Å². The molecule has 2 bridgehead atoms. The van der Waals surface area contributed by atoms with Gasteiger partial charge in [0.2, 0.25) is 0 Å². The van der Waals surface area contributed by atoms with E-state index in [1.54, 1.807) is 0 Å². The Bertz CT molecular complexity index is 831. The van der Waals surface area contributed by atoms with Gasteiger partial charge in [0.25, 0.3) is 0 Å². The molecule has 6 atom stereocenters. The van der Waals surface area contributed by atoms with Gasteiger partial charge < -0.3 is 14.8 Å². The van der Waals surface area contributed by atoms with E-state index in [4.69, 9.17) is 0 Å². The van der Waals surface area contributed by atoms with E-state index >= 15 is 0 Å². The molecule has 2 aliphatic carbocycles. The molecule has 0 radical (unpaired) electrons. The summed E-state index contributed by atoms with van der Waals surface area (Å²) in [6.07, 6.45) is 10.3. The van der Waals surface area contributed by atoms with Gasteiger partial charge in [0.1, 0.15) is 0 Å². The molecule has 5 rings (SSSR count). The Morgan fingerprint density at radius 1 is 1.26 bits per heavy atom. The van der Waals surface area contributed by atoms with Crippen molar-refractivity contribution in [2.45, 2.75) is 70.1 Å². The summed E-state index contributed by atoms with van der Waals surface area (Å²) in [6, 6.07) is 8.68. The quantitative estimate of drug-likeness (QED) is 0.854. The van der Waals surface area contributed by atoms with Gasteiger partial charge in [0.05, 0.1) is 36.5 Å². The highest BCUT2D eigenvalue weighted by Crippen LogP contribution is 2.54. The molecule has 2 saturated carbocycles. The number of aliphatic hydroxyl groups is 2. The third kappa shape index (κ3) is 2.68. The number of aromatic nitrogens is 2. The summed E-state index contributed by atoms with van der Waals surface area (Å²) in [5.41, 5.74) is 3.64. The van der Waals surface area contributed by atoms with Crippen molar-refractivity contribution in [3.63, 3.8) is 0 Å². The average Bonchev–Trinajstić information content (AvgIpc) is 3.27. The van der Waals surface area contributed by atoms with E-state index < -0.39 is 0 Å². The minimum atomic E-state index is -0.357. The van der Waals surface area contributed by atoms with Gasteiger partial charge in [-0.25, -0.2) is 4.98 Å². The second kappa shape index (κ2) is 6.46. The Kier molecular flexibility index (Phi) is 4.17. The van der Waals surface area contributed by atoms with E-state index in [0.717, 1.165) is 50.6 Å². The normalized spacial score (nSPS) is 35.5. The first-order valence-corrected chi connectivity index (χ1v) is 10.6. The van der Waals surface area contributed by atoms with Crippen LogP contribution in [-0.4, -0.2) is 32.0 Å². The van der Waals surface area contributed by atoms with Crippen molar-refractivity contribution in [1.29, 1.82) is 0 Å². The van der Waals surface area contributed by atoms with Crippen LogP contribution >= 0.6 is 0 Å². The van der Waals surface area contributed by atoms with Crippen LogP contribution in [0.25, 0.3) is 11.3 Å². The topological polar surface area (TPSA) is 58.3 Å². The number of nitrogens with zero attached hydrogens (tertiary/aromatic N) is 2. The van der Waals surface area contributed by atoms with Crippen molar-refractivity contribution in [3.05, 3.63) is 42.4 Å². The van der Waals surface area contributed by atoms with Crippen LogP contribution in [0.2, 0.25) is 0 Å². The molecule has 1 aliphatic heterocycles. The average molecular weight is 367 g/mol. The van der Waals surface area contributed by atoms with Gasteiger partial charge >= 0.3 is 0 Å². The van der Waals surface area contributed by atoms with Crippen LogP contribution in [0.1, 0.15) is 63.5 Å². The van der Waals surface area contributed by atoms with Gasteiger partial charge in [-0.15, -0.1) is 0 Å². The highest BCUT2D eigenvalue weighted by Gasteiger charge is 2.48. The molecule has 3 aliphatic rings. The first kappa shape index (κ1) is 17.4. The van der Waals surface area contributed by atoms with Crippen LogP contribution < -0.4 is 0 Å². The Morgan fingerprint density at radius 2 is 2.11 bits per heavy atom. The number of hydrogen-bond donors (Lipinski definition) is 2. The molecule has 1 aromatic carbocycles. The summed E-state index contributed by atoms with van der Waals surface area (Å²) in [5.74, 6) is 1.04. The zero-order valence-corrected chi connectivity index (χ0v) is 16.1. The summed E-state index contributed by atoms with van der Waals surface area (Å²) in [7, 11) is 0. The predicted octanol–water partition coefficient (Wildman–Crippen LogP) is 4.17. The molecule has 144 valence electrons. The molecule has 2 heterocycles. The van der Waals surface area contributed by atoms with E-state index in [-0.39, 0.29) is 23.7 Å². The number of benzene rings is 1. The van der Waals surface area contributed by atoms with Crippen molar-refractivity contribution >= 4 is 0 Å². The second-order valence-corrected chi connectivity index (χ2v) is 9.17. The van der Waals surface area contributed by atoms with Crippen molar-refractivity contribution in [2.24, 2.45) is 17.3 Å². The molecule has 1 aromatic heterocycles. The molecule has 4 heteroatoms. The molecule has 4 nitrogen and oxygen atoms in total. The summed E-state index contributed by atoms with van der Waals surface area (Å²) in [5, 5.41) is 22.0. The Morgan fingerprint density at radius 3 is 2.96 bits per heavy atom. The molecule has 0 saturated heterocycles. The number of imidazole rings is 1. The van der Waals surface area contributed by atoms with Gasteiger partial charge in [-0.05, 0) is 67.8 Å². The molecule has 2 N–H and O–H groups in total. The maximum atomic E-state index is 11.5. The largest absolute Gasteiger partial charge is 0.393 e. The highest BCUT2D eigenvalue weighted by molar-refractivity contribution is 5.68. The third-order valence-corrected chi connectivity index (χ3v) is 7.87. The van der Waals surface area contributed by atoms with Crippen molar-refractivity contribution in [1.82, 2.24) is 9.55 Å². The third-order valence-electron chi connectivity index (χ3n) is 7.87. The first-order chi connectivity index (χ1) is 13.1. The molecule has 27 heavy (non-hydrogen) atoms. The summed E-state index contributed by atoms with van der Waals surface area (Å²) in [4.78, 5) is 4.35. The smallest absolute Gasteiger partial charge is 0.0956 e. The van der Waals surface area contributed by atoms with Crippen LogP contribution in [0.3, 0.4) is 0 Å². The Labute approximate surface area is 161 Å². The monoisotopic (exact) mass is 366 g/mol. The number of fused-ring (bicyclic) bond motifs is 5. The fourth-order valence-corrected chi connectivity index (χ4v) is 6.36. The zero-order chi connectivity index (χ0) is 18.6. The van der Waals surface area contributed by atoms with Crippen LogP contribution in [0.5, 0.6) is 0 Å². The van der Waals surface area contributed by atoms with Crippen LogP contribution in [-0.2, 0) is 0 Å². The van der Waals surface area contributed by atoms with Crippen LogP contribution in [0.4, 0.5) is 0 Å². The second-order valence-electron chi connectivity index (χ2n) is 9.17. The van der Waals surface area contributed by atoms with Crippen molar-refractivity contribution in [3.8, 4) is 11.3 Å². The molecule has 4 unspecified atom stereocenters. The van der Waals surface area contributed by atoms with Crippen molar-refractivity contribution in [2.75, 3.05) is 0 Å². The van der Waals surface area contributed by atoms with E-state index in [0.29, 0.717) is 11.8 Å². The fourth-order valence-electron chi connectivity index (χ4n) is 6.36. The highest BCUT2D eigenvalue weighted by atomic mass is 16.3. The lowest BCUT2D eigenvalue weighted by atomic mass is 9.56. The first-order valence-electron chi connectivity index (χ1n) is 10.6. The van der Waals surface area contributed by atoms with Crippen LogP contribution in [0.15, 0.2) is 36.8 Å². The predicted molar refractivity (Wildman–Crippen MR) is 105 cm³/mol. The molecule has 2 fully saturated rings. The fraction of sp³-hybridized carbons (Fsp3) is 0.609. The number of rotatable bonds is 4. The van der Waals surface area contributed by atoms with Gasteiger partial charge in [-0.2, -0.15) is 0 Å². The SMILES string of the molecule is CCC1([C@@H](O)C[C@@H]2c3ccccc3-c3cncn32)CC2CCC(O)C(C2)C1. The molecule has 0 spiro atoms. The van der Waals surface area contributed by atoms with E-state index in [1.807, 2.05) is 12.5 Å². The molecule has 2 aromatic rings. The van der Waals surface area contributed by atoms with Gasteiger partial charge in [0, 0.05) is 5.56 Å². The van der Waals surface area contributed by atoms with E-state index in [9.17, 15) is 10.2 Å². The lowest BCUT2D eigenvalue weighted by Crippen LogP contribution is -2.47. The van der Waals surface area contributed by atoms with Crippen molar-refractivity contribution < 1.29 is 10.2 Å². The summed E-state index contributed by atoms with van der Waals surface area (Å²) >= 11 is 0. The molecular weight excluding hydrogens is 336 g/mol. The summed E-state index contributed by atoms with van der Waals surface area (Å²) in [6.45, 7) is 2.22. The van der Waals surface area contributed by atoms with Gasteiger partial charge in [-0.3, -0.25) is 0 Å². The van der Waals surface area contributed by atoms with Crippen LogP contribution in [0, 0.1) is 17.3 Å². The van der Waals surface area contributed by atoms with Gasteiger partial charge in [-0.1, -0.05) is 31.2 Å². The van der Waals surface area contributed by atoms with E-state index in [2.05, 4.69) is 40.7 Å². The number of hydrogen-bond acceptors (Lipinski definition) is 3. The van der Waals surface area contributed by atoms with E-state index in [1.165, 1.54) is 11.1 Å². The lowest BCUT2D eigenvalue weighted by Gasteiger charge is -2.51. The minimum Gasteiger partial charge on any atom is -0.393 e. The maximum absolute atomic E-state index is 11.5. The Hall–Kier alpha value is -1.65.